The molecule has 0 spiro atoms. The van der Waals surface area contributed by atoms with E-state index in [9.17, 15) is 4.79 Å². The first-order valence-electron chi connectivity index (χ1n) is 7.23. The molecule has 3 heteroatoms. The van der Waals surface area contributed by atoms with E-state index in [0.29, 0.717) is 13.0 Å². The number of amides is 1. The van der Waals surface area contributed by atoms with Gasteiger partial charge in [-0.2, -0.15) is 0 Å². The van der Waals surface area contributed by atoms with Crippen LogP contribution in [0.2, 0.25) is 0 Å². The second-order valence-electron chi connectivity index (χ2n) is 5.30. The summed E-state index contributed by atoms with van der Waals surface area (Å²) in [5.74, 6) is 0.0200. The van der Waals surface area contributed by atoms with Gasteiger partial charge in [0.1, 0.15) is 0 Å². The lowest BCUT2D eigenvalue weighted by Gasteiger charge is -2.17. The zero-order valence-corrected chi connectivity index (χ0v) is 12.6. The third kappa shape index (κ3) is 3.92. The Morgan fingerprint density at radius 2 is 1.71 bits per heavy atom. The molecule has 1 atom stereocenters. The summed E-state index contributed by atoms with van der Waals surface area (Å²) in [5, 5.41) is 3.06. The van der Waals surface area contributed by atoms with E-state index in [1.165, 1.54) is 5.56 Å². The second kappa shape index (κ2) is 7.04. The second-order valence-corrected chi connectivity index (χ2v) is 5.30. The third-order valence-corrected chi connectivity index (χ3v) is 3.72. The summed E-state index contributed by atoms with van der Waals surface area (Å²) in [4.78, 5) is 12.2. The molecule has 0 fully saturated rings. The predicted octanol–water partition coefficient (Wildman–Crippen LogP) is 2.87. The quantitative estimate of drug-likeness (QED) is 0.886. The van der Waals surface area contributed by atoms with Crippen molar-refractivity contribution in [2.75, 3.05) is 0 Å². The van der Waals surface area contributed by atoms with Gasteiger partial charge in [0, 0.05) is 6.54 Å². The Morgan fingerprint density at radius 3 is 2.38 bits per heavy atom. The van der Waals surface area contributed by atoms with E-state index in [1.807, 2.05) is 49.4 Å². The average molecular weight is 282 g/mol. The van der Waals surface area contributed by atoms with Crippen LogP contribution in [0.15, 0.2) is 48.5 Å². The molecule has 2 rings (SSSR count). The first kappa shape index (κ1) is 15.3. The maximum Gasteiger partial charge on any atom is 0.224 e. The van der Waals surface area contributed by atoms with Gasteiger partial charge in [-0.1, -0.05) is 48.5 Å². The Balaban J connectivity index is 2.03. The van der Waals surface area contributed by atoms with Crippen LogP contribution in [0.25, 0.3) is 0 Å². The van der Waals surface area contributed by atoms with E-state index in [0.717, 1.165) is 16.7 Å². The molecule has 0 bridgehead atoms. The van der Waals surface area contributed by atoms with E-state index in [1.54, 1.807) is 0 Å². The molecule has 0 saturated carbocycles. The molecule has 2 aromatic rings. The summed E-state index contributed by atoms with van der Waals surface area (Å²) < 4.78 is 0. The molecule has 0 aliphatic rings. The Bertz CT molecular complexity index is 622. The summed E-state index contributed by atoms with van der Waals surface area (Å²) >= 11 is 0. The highest BCUT2D eigenvalue weighted by Gasteiger charge is 2.12. The lowest BCUT2D eigenvalue weighted by Crippen LogP contribution is -2.29. The standard InChI is InChI=1S/C18H22N2O/c1-13-7-3-6-10-17(13)14(2)20-18(21)11-15-8-4-5-9-16(15)12-19/h3-10,14H,11-12,19H2,1-2H3,(H,20,21)/t14-/m0/s1. The SMILES string of the molecule is Cc1ccccc1[C@H](C)NC(=O)Cc1ccccc1CN. The van der Waals surface area contributed by atoms with Crippen molar-refractivity contribution in [1.82, 2.24) is 5.32 Å². The van der Waals surface area contributed by atoms with Crippen LogP contribution in [0.1, 0.15) is 35.2 Å². The van der Waals surface area contributed by atoms with Gasteiger partial charge in [-0.05, 0) is 36.1 Å². The molecule has 0 heterocycles. The normalized spacial score (nSPS) is 12.0. The zero-order chi connectivity index (χ0) is 15.2. The Kier molecular flexibility index (Phi) is 5.12. The summed E-state index contributed by atoms with van der Waals surface area (Å²) in [6.07, 6.45) is 0.365. The number of nitrogens with one attached hydrogen (secondary N) is 1. The summed E-state index contributed by atoms with van der Waals surface area (Å²) in [6, 6.07) is 15.9. The largest absolute Gasteiger partial charge is 0.349 e. The highest BCUT2D eigenvalue weighted by molar-refractivity contribution is 5.79. The fraction of sp³-hybridized carbons (Fsp3) is 0.278. The fourth-order valence-electron chi connectivity index (χ4n) is 2.54. The van der Waals surface area contributed by atoms with Crippen molar-refractivity contribution in [2.45, 2.75) is 32.9 Å². The molecule has 0 unspecified atom stereocenters. The molecule has 2 aromatic carbocycles. The monoisotopic (exact) mass is 282 g/mol. The van der Waals surface area contributed by atoms with Gasteiger partial charge in [0.25, 0.3) is 0 Å². The molecule has 0 saturated heterocycles. The highest BCUT2D eigenvalue weighted by atomic mass is 16.1. The lowest BCUT2D eigenvalue weighted by atomic mass is 10.0. The molecule has 0 aromatic heterocycles. The van der Waals surface area contributed by atoms with Crippen LogP contribution in [-0.4, -0.2) is 5.91 Å². The molecular formula is C18H22N2O. The van der Waals surface area contributed by atoms with Gasteiger partial charge >= 0.3 is 0 Å². The van der Waals surface area contributed by atoms with Crippen LogP contribution < -0.4 is 11.1 Å². The van der Waals surface area contributed by atoms with E-state index in [2.05, 4.69) is 18.3 Å². The Labute approximate surface area is 126 Å². The number of carbonyl (C=O) groups excluding carboxylic acids is 1. The fourth-order valence-corrected chi connectivity index (χ4v) is 2.54. The van der Waals surface area contributed by atoms with Crippen LogP contribution in [0.4, 0.5) is 0 Å². The Hall–Kier alpha value is -2.13. The number of nitrogens with two attached hydrogens (primary N) is 1. The van der Waals surface area contributed by atoms with E-state index in [4.69, 9.17) is 5.73 Å². The van der Waals surface area contributed by atoms with E-state index < -0.39 is 0 Å². The van der Waals surface area contributed by atoms with Crippen molar-refractivity contribution in [1.29, 1.82) is 0 Å². The van der Waals surface area contributed by atoms with Crippen molar-refractivity contribution in [2.24, 2.45) is 5.73 Å². The van der Waals surface area contributed by atoms with Crippen LogP contribution in [0, 0.1) is 6.92 Å². The van der Waals surface area contributed by atoms with Crippen molar-refractivity contribution in [3.8, 4) is 0 Å². The summed E-state index contributed by atoms with van der Waals surface area (Å²) in [5.41, 5.74) is 10.1. The number of rotatable bonds is 5. The average Bonchev–Trinajstić information content (AvgIpc) is 2.48. The minimum Gasteiger partial charge on any atom is -0.349 e. The maximum absolute atomic E-state index is 12.2. The van der Waals surface area contributed by atoms with Crippen molar-refractivity contribution >= 4 is 5.91 Å². The van der Waals surface area contributed by atoms with Gasteiger partial charge in [0.15, 0.2) is 0 Å². The van der Waals surface area contributed by atoms with Crippen molar-refractivity contribution < 1.29 is 4.79 Å². The summed E-state index contributed by atoms with van der Waals surface area (Å²) in [7, 11) is 0. The van der Waals surface area contributed by atoms with Gasteiger partial charge in [-0.25, -0.2) is 0 Å². The molecule has 21 heavy (non-hydrogen) atoms. The molecule has 0 aliphatic carbocycles. The Morgan fingerprint density at radius 1 is 1.10 bits per heavy atom. The van der Waals surface area contributed by atoms with E-state index in [-0.39, 0.29) is 11.9 Å². The number of benzene rings is 2. The van der Waals surface area contributed by atoms with Gasteiger partial charge < -0.3 is 11.1 Å². The van der Waals surface area contributed by atoms with Crippen LogP contribution in [0.3, 0.4) is 0 Å². The smallest absolute Gasteiger partial charge is 0.224 e. The molecule has 3 nitrogen and oxygen atoms in total. The topological polar surface area (TPSA) is 55.1 Å². The van der Waals surface area contributed by atoms with E-state index >= 15 is 0 Å². The molecule has 110 valence electrons. The maximum atomic E-state index is 12.2. The lowest BCUT2D eigenvalue weighted by molar-refractivity contribution is -0.121. The minimum atomic E-state index is 0.00346. The first-order chi connectivity index (χ1) is 10.1. The van der Waals surface area contributed by atoms with Crippen molar-refractivity contribution in [3.63, 3.8) is 0 Å². The summed E-state index contributed by atoms with van der Waals surface area (Å²) in [6.45, 7) is 4.52. The number of aryl methyl sites for hydroxylation is 1. The molecule has 3 N–H and O–H groups in total. The van der Waals surface area contributed by atoms with Gasteiger partial charge in [-0.3, -0.25) is 4.79 Å². The van der Waals surface area contributed by atoms with Gasteiger partial charge in [0.05, 0.1) is 12.5 Å². The number of hydrogen-bond donors (Lipinski definition) is 2. The van der Waals surface area contributed by atoms with Crippen LogP contribution in [-0.2, 0) is 17.8 Å². The minimum absolute atomic E-state index is 0.00346. The van der Waals surface area contributed by atoms with Gasteiger partial charge in [-0.15, -0.1) is 0 Å². The van der Waals surface area contributed by atoms with Crippen LogP contribution in [0.5, 0.6) is 0 Å². The predicted molar refractivity (Wildman–Crippen MR) is 85.8 cm³/mol. The highest BCUT2D eigenvalue weighted by Crippen LogP contribution is 2.17. The molecule has 0 aliphatic heterocycles. The van der Waals surface area contributed by atoms with Crippen LogP contribution >= 0.6 is 0 Å². The molecular weight excluding hydrogens is 260 g/mol. The zero-order valence-electron chi connectivity index (χ0n) is 12.6. The third-order valence-electron chi connectivity index (χ3n) is 3.72. The molecule has 0 radical (unpaired) electrons. The number of carbonyl (C=O) groups is 1. The van der Waals surface area contributed by atoms with Crippen molar-refractivity contribution in [3.05, 3.63) is 70.8 Å². The number of hydrogen-bond acceptors (Lipinski definition) is 2. The molecule has 1 amide bonds. The first-order valence-corrected chi connectivity index (χ1v) is 7.23. The van der Waals surface area contributed by atoms with Gasteiger partial charge in [0.2, 0.25) is 5.91 Å².